The van der Waals surface area contributed by atoms with E-state index in [1.165, 1.54) is 0 Å². The van der Waals surface area contributed by atoms with Crippen molar-refractivity contribution < 1.29 is 9.59 Å². The highest BCUT2D eigenvalue weighted by atomic mass is 16.2. The van der Waals surface area contributed by atoms with E-state index in [9.17, 15) is 9.59 Å². The van der Waals surface area contributed by atoms with Gasteiger partial charge in [-0.25, -0.2) is 4.79 Å². The molecule has 0 spiro atoms. The number of piperazine rings is 1. The summed E-state index contributed by atoms with van der Waals surface area (Å²) in [6, 6.07) is 16.4. The van der Waals surface area contributed by atoms with Crippen LogP contribution in [0.5, 0.6) is 0 Å². The third kappa shape index (κ3) is 4.85. The molecule has 0 radical (unpaired) electrons. The van der Waals surface area contributed by atoms with Gasteiger partial charge in [0.2, 0.25) is 5.95 Å². The summed E-state index contributed by atoms with van der Waals surface area (Å²) in [5, 5.41) is 17.7. The van der Waals surface area contributed by atoms with E-state index in [4.69, 9.17) is 0 Å². The van der Waals surface area contributed by atoms with Gasteiger partial charge in [-0.3, -0.25) is 4.79 Å². The van der Waals surface area contributed by atoms with Crippen molar-refractivity contribution in [2.24, 2.45) is 0 Å². The van der Waals surface area contributed by atoms with Gasteiger partial charge in [-0.2, -0.15) is 4.68 Å². The molecule has 10 nitrogen and oxygen atoms in total. The maximum atomic E-state index is 13.0. The van der Waals surface area contributed by atoms with Crippen LogP contribution in [0, 0.1) is 0 Å². The van der Waals surface area contributed by atoms with Crippen LogP contribution in [0.4, 0.5) is 16.4 Å². The van der Waals surface area contributed by atoms with E-state index < -0.39 is 0 Å². The van der Waals surface area contributed by atoms with E-state index in [1.807, 2.05) is 44.2 Å². The molecule has 1 saturated heterocycles. The number of anilines is 2. The Kier molecular flexibility index (Phi) is 6.29. The summed E-state index contributed by atoms with van der Waals surface area (Å²) in [6.07, 6.45) is 0. The van der Waals surface area contributed by atoms with E-state index in [0.717, 1.165) is 5.69 Å². The standard InChI is InChI=1S/C22H26N8O2/c1-16(2)23-21(32)24-18-8-6-7-17(15-18)20(31)28-11-13-29(14-12-28)22-25-26-27-30(22)19-9-4-3-5-10-19/h3-10,15-16H,11-14H2,1-2H3,(H2,23,24,32). The summed E-state index contributed by atoms with van der Waals surface area (Å²) in [7, 11) is 0. The molecule has 10 heteroatoms. The normalized spacial score (nSPS) is 13.8. The molecule has 166 valence electrons. The van der Waals surface area contributed by atoms with Crippen molar-refractivity contribution in [3.63, 3.8) is 0 Å². The van der Waals surface area contributed by atoms with Crippen molar-refractivity contribution >= 4 is 23.6 Å². The van der Waals surface area contributed by atoms with Crippen LogP contribution in [0.3, 0.4) is 0 Å². The maximum absolute atomic E-state index is 13.0. The third-order valence-electron chi connectivity index (χ3n) is 5.09. The van der Waals surface area contributed by atoms with Gasteiger partial charge >= 0.3 is 6.03 Å². The Hall–Kier alpha value is -3.95. The predicted molar refractivity (Wildman–Crippen MR) is 121 cm³/mol. The summed E-state index contributed by atoms with van der Waals surface area (Å²) >= 11 is 0. The topological polar surface area (TPSA) is 108 Å². The molecular formula is C22H26N8O2. The molecule has 0 aliphatic carbocycles. The zero-order valence-corrected chi connectivity index (χ0v) is 18.1. The lowest BCUT2D eigenvalue weighted by atomic mass is 10.1. The molecule has 0 unspecified atom stereocenters. The van der Waals surface area contributed by atoms with Crippen molar-refractivity contribution in [3.05, 3.63) is 60.2 Å². The molecule has 1 fully saturated rings. The Balaban J connectivity index is 1.39. The number of hydrogen-bond donors (Lipinski definition) is 2. The zero-order chi connectivity index (χ0) is 22.5. The minimum absolute atomic E-state index is 0.0268. The van der Waals surface area contributed by atoms with Crippen LogP contribution in [0.15, 0.2) is 54.6 Å². The number of urea groups is 1. The Morgan fingerprint density at radius 3 is 2.44 bits per heavy atom. The number of para-hydroxylation sites is 1. The molecule has 1 aromatic heterocycles. The second kappa shape index (κ2) is 9.46. The Morgan fingerprint density at radius 1 is 0.969 bits per heavy atom. The van der Waals surface area contributed by atoms with E-state index in [-0.39, 0.29) is 18.0 Å². The van der Waals surface area contributed by atoms with Crippen LogP contribution in [0.2, 0.25) is 0 Å². The van der Waals surface area contributed by atoms with Gasteiger partial charge in [-0.15, -0.1) is 0 Å². The molecule has 3 aromatic rings. The second-order valence-corrected chi connectivity index (χ2v) is 7.84. The van der Waals surface area contributed by atoms with E-state index >= 15 is 0 Å². The molecule has 32 heavy (non-hydrogen) atoms. The average Bonchev–Trinajstić information content (AvgIpc) is 3.29. The largest absolute Gasteiger partial charge is 0.336 e. The van der Waals surface area contributed by atoms with Gasteiger partial charge in [0.1, 0.15) is 0 Å². The van der Waals surface area contributed by atoms with Crippen LogP contribution >= 0.6 is 0 Å². The van der Waals surface area contributed by atoms with Crippen molar-refractivity contribution in [3.8, 4) is 5.69 Å². The number of nitrogens with one attached hydrogen (secondary N) is 2. The first-order chi connectivity index (χ1) is 15.5. The molecule has 4 rings (SSSR count). The van der Waals surface area contributed by atoms with Crippen LogP contribution < -0.4 is 15.5 Å². The fourth-order valence-electron chi connectivity index (χ4n) is 3.57. The van der Waals surface area contributed by atoms with E-state index in [0.29, 0.717) is 43.4 Å². The number of nitrogens with zero attached hydrogens (tertiary/aromatic N) is 6. The number of tetrazole rings is 1. The minimum atomic E-state index is -0.297. The highest BCUT2D eigenvalue weighted by Crippen LogP contribution is 2.19. The SMILES string of the molecule is CC(C)NC(=O)Nc1cccc(C(=O)N2CCN(c3nnnn3-c3ccccc3)CC2)c1. The number of hydrogen-bond acceptors (Lipinski definition) is 6. The Morgan fingerprint density at radius 2 is 1.72 bits per heavy atom. The van der Waals surface area contributed by atoms with Gasteiger partial charge in [-0.05, 0) is 54.6 Å². The summed E-state index contributed by atoms with van der Waals surface area (Å²) in [5.74, 6) is 0.589. The fourth-order valence-corrected chi connectivity index (χ4v) is 3.57. The third-order valence-corrected chi connectivity index (χ3v) is 5.09. The van der Waals surface area contributed by atoms with Crippen LogP contribution in [-0.4, -0.2) is 69.3 Å². The van der Waals surface area contributed by atoms with E-state index in [2.05, 4.69) is 31.1 Å². The molecule has 0 saturated carbocycles. The van der Waals surface area contributed by atoms with Gasteiger partial charge in [0.25, 0.3) is 5.91 Å². The quantitative estimate of drug-likeness (QED) is 0.637. The van der Waals surface area contributed by atoms with Crippen molar-refractivity contribution in [1.82, 2.24) is 30.4 Å². The van der Waals surface area contributed by atoms with Crippen LogP contribution in [-0.2, 0) is 0 Å². The van der Waals surface area contributed by atoms with Crippen molar-refractivity contribution in [2.45, 2.75) is 19.9 Å². The molecule has 2 aromatic carbocycles. The highest BCUT2D eigenvalue weighted by molar-refractivity contribution is 5.97. The molecule has 1 aliphatic heterocycles. The monoisotopic (exact) mass is 434 g/mol. The first kappa shape index (κ1) is 21.3. The lowest BCUT2D eigenvalue weighted by molar-refractivity contribution is 0.0746. The molecule has 2 heterocycles. The predicted octanol–water partition coefficient (Wildman–Crippen LogP) is 2.15. The van der Waals surface area contributed by atoms with Crippen LogP contribution in [0.1, 0.15) is 24.2 Å². The number of benzene rings is 2. The van der Waals surface area contributed by atoms with Crippen molar-refractivity contribution in [2.75, 3.05) is 36.4 Å². The molecular weight excluding hydrogens is 408 g/mol. The lowest BCUT2D eigenvalue weighted by Gasteiger charge is -2.34. The zero-order valence-electron chi connectivity index (χ0n) is 18.1. The number of amides is 3. The number of rotatable bonds is 5. The summed E-state index contributed by atoms with van der Waals surface area (Å²) in [4.78, 5) is 28.9. The Bertz CT molecular complexity index is 1070. The molecule has 0 atom stereocenters. The molecule has 2 N–H and O–H groups in total. The number of carbonyl (C=O) groups excluding carboxylic acids is 2. The van der Waals surface area contributed by atoms with Gasteiger partial charge in [0.05, 0.1) is 5.69 Å². The van der Waals surface area contributed by atoms with E-state index in [1.54, 1.807) is 33.8 Å². The minimum Gasteiger partial charge on any atom is -0.336 e. The second-order valence-electron chi connectivity index (χ2n) is 7.84. The number of carbonyl (C=O) groups is 2. The first-order valence-electron chi connectivity index (χ1n) is 10.6. The first-order valence-corrected chi connectivity index (χ1v) is 10.6. The highest BCUT2D eigenvalue weighted by Gasteiger charge is 2.25. The number of aromatic nitrogens is 4. The molecule has 1 aliphatic rings. The maximum Gasteiger partial charge on any atom is 0.319 e. The summed E-state index contributed by atoms with van der Waals surface area (Å²) in [5.41, 5.74) is 2.00. The lowest BCUT2D eigenvalue weighted by Crippen LogP contribution is -2.49. The van der Waals surface area contributed by atoms with Gasteiger partial charge < -0.3 is 20.4 Å². The van der Waals surface area contributed by atoms with Gasteiger partial charge in [-0.1, -0.05) is 29.4 Å². The van der Waals surface area contributed by atoms with Gasteiger partial charge in [0, 0.05) is 43.5 Å². The van der Waals surface area contributed by atoms with Crippen LogP contribution in [0.25, 0.3) is 5.69 Å². The summed E-state index contributed by atoms with van der Waals surface area (Å²) < 4.78 is 1.70. The smallest absolute Gasteiger partial charge is 0.319 e. The summed E-state index contributed by atoms with van der Waals surface area (Å²) in [6.45, 7) is 6.11. The molecule has 0 bridgehead atoms. The fraction of sp³-hybridized carbons (Fsp3) is 0.318. The average molecular weight is 435 g/mol. The molecule has 3 amide bonds. The van der Waals surface area contributed by atoms with Crippen molar-refractivity contribution in [1.29, 1.82) is 0 Å². The van der Waals surface area contributed by atoms with Gasteiger partial charge in [0.15, 0.2) is 0 Å². The Labute approximate surface area is 186 Å².